The van der Waals surface area contributed by atoms with Gasteiger partial charge in [-0.25, -0.2) is 4.79 Å². The largest absolute Gasteiger partial charge is 0.356 e. The number of urea groups is 1. The lowest BCUT2D eigenvalue weighted by Crippen LogP contribution is -2.30. The van der Waals surface area contributed by atoms with Crippen LogP contribution in [-0.2, 0) is 4.79 Å². The van der Waals surface area contributed by atoms with E-state index in [1.807, 2.05) is 18.2 Å². The van der Waals surface area contributed by atoms with Gasteiger partial charge in [0, 0.05) is 19.5 Å². The zero-order valence-corrected chi connectivity index (χ0v) is 12.6. The van der Waals surface area contributed by atoms with Crippen LogP contribution < -0.4 is 16.4 Å². The van der Waals surface area contributed by atoms with Crippen molar-refractivity contribution in [3.05, 3.63) is 35.9 Å². The Bertz CT molecular complexity index is 434. The van der Waals surface area contributed by atoms with Crippen molar-refractivity contribution in [2.75, 3.05) is 13.1 Å². The van der Waals surface area contributed by atoms with Gasteiger partial charge in [-0.2, -0.15) is 0 Å². The van der Waals surface area contributed by atoms with E-state index in [0.717, 1.165) is 19.3 Å². The van der Waals surface area contributed by atoms with E-state index < -0.39 is 6.03 Å². The van der Waals surface area contributed by atoms with Gasteiger partial charge in [0.15, 0.2) is 0 Å². The van der Waals surface area contributed by atoms with Gasteiger partial charge >= 0.3 is 6.03 Å². The van der Waals surface area contributed by atoms with Crippen molar-refractivity contribution in [1.82, 2.24) is 10.6 Å². The number of primary amides is 1. The molecule has 1 rings (SSSR count). The summed E-state index contributed by atoms with van der Waals surface area (Å²) >= 11 is 0. The van der Waals surface area contributed by atoms with Crippen LogP contribution in [0.2, 0.25) is 0 Å². The number of carbonyl (C=O) groups is 2. The van der Waals surface area contributed by atoms with E-state index in [9.17, 15) is 9.59 Å². The van der Waals surface area contributed by atoms with Crippen LogP contribution in [0.25, 0.3) is 0 Å². The number of hydrogen-bond donors (Lipinski definition) is 3. The average molecular weight is 291 g/mol. The maximum absolute atomic E-state index is 11.7. The molecule has 0 heterocycles. The zero-order valence-electron chi connectivity index (χ0n) is 12.6. The second-order valence-corrected chi connectivity index (χ2v) is 5.22. The van der Waals surface area contributed by atoms with Gasteiger partial charge in [0.1, 0.15) is 0 Å². The monoisotopic (exact) mass is 291 g/mol. The summed E-state index contributed by atoms with van der Waals surface area (Å²) in [5, 5.41) is 5.49. The molecule has 0 bridgehead atoms. The third-order valence-corrected chi connectivity index (χ3v) is 3.35. The number of benzene rings is 1. The normalized spacial score (nSPS) is 11.7. The molecule has 1 aromatic rings. The third kappa shape index (κ3) is 7.97. The molecular formula is C16H25N3O2. The maximum atomic E-state index is 11.7. The van der Waals surface area contributed by atoms with E-state index in [0.29, 0.717) is 25.4 Å². The molecule has 21 heavy (non-hydrogen) atoms. The number of nitrogens with one attached hydrogen (secondary N) is 2. The second kappa shape index (κ2) is 9.80. The van der Waals surface area contributed by atoms with Crippen LogP contribution in [0.5, 0.6) is 0 Å². The van der Waals surface area contributed by atoms with Crippen molar-refractivity contribution >= 4 is 11.9 Å². The summed E-state index contributed by atoms with van der Waals surface area (Å²) in [6, 6.07) is 9.65. The van der Waals surface area contributed by atoms with Crippen LogP contribution in [0.1, 0.15) is 44.1 Å². The molecule has 5 nitrogen and oxygen atoms in total. The predicted octanol–water partition coefficient (Wildman–Crippen LogP) is 2.13. The van der Waals surface area contributed by atoms with E-state index in [4.69, 9.17) is 5.73 Å². The first-order chi connectivity index (χ1) is 10.1. The molecule has 0 saturated carbocycles. The average Bonchev–Trinajstić information content (AvgIpc) is 2.49. The molecule has 0 unspecified atom stereocenters. The summed E-state index contributed by atoms with van der Waals surface area (Å²) in [5.41, 5.74) is 6.19. The minimum Gasteiger partial charge on any atom is -0.356 e. The number of unbranched alkanes of at least 4 members (excludes halogenated alkanes) is 2. The van der Waals surface area contributed by atoms with Gasteiger partial charge in [-0.05, 0) is 24.3 Å². The molecule has 0 aliphatic rings. The lowest BCUT2D eigenvalue weighted by molar-refractivity contribution is -0.121. The molecule has 5 heteroatoms. The van der Waals surface area contributed by atoms with Gasteiger partial charge in [0.2, 0.25) is 5.91 Å². The molecule has 4 N–H and O–H groups in total. The zero-order chi connectivity index (χ0) is 15.5. The van der Waals surface area contributed by atoms with Gasteiger partial charge in [0.05, 0.1) is 0 Å². The van der Waals surface area contributed by atoms with Gasteiger partial charge in [-0.3, -0.25) is 4.79 Å². The number of carbonyl (C=O) groups excluding carboxylic acids is 2. The summed E-state index contributed by atoms with van der Waals surface area (Å²) < 4.78 is 0. The van der Waals surface area contributed by atoms with Crippen molar-refractivity contribution in [2.45, 2.75) is 38.5 Å². The van der Waals surface area contributed by atoms with Crippen LogP contribution in [-0.4, -0.2) is 25.0 Å². The van der Waals surface area contributed by atoms with Crippen LogP contribution in [0, 0.1) is 0 Å². The first kappa shape index (κ1) is 17.0. The van der Waals surface area contributed by atoms with Crippen LogP contribution in [0.3, 0.4) is 0 Å². The molecule has 0 aromatic heterocycles. The van der Waals surface area contributed by atoms with Crippen molar-refractivity contribution in [3.63, 3.8) is 0 Å². The van der Waals surface area contributed by atoms with Crippen LogP contribution in [0.4, 0.5) is 4.79 Å². The van der Waals surface area contributed by atoms with Gasteiger partial charge in [-0.1, -0.05) is 43.7 Å². The molecule has 0 spiro atoms. The molecule has 1 atom stereocenters. The number of nitrogens with two attached hydrogens (primary N) is 1. The Morgan fingerprint density at radius 1 is 1.10 bits per heavy atom. The Morgan fingerprint density at radius 2 is 1.81 bits per heavy atom. The van der Waals surface area contributed by atoms with E-state index in [1.165, 1.54) is 5.56 Å². The SMILES string of the molecule is C[C@@H](CNC(=O)CCCCCNC(N)=O)c1ccccc1. The first-order valence-corrected chi connectivity index (χ1v) is 7.44. The molecule has 0 aliphatic heterocycles. The molecule has 3 amide bonds. The predicted molar refractivity (Wildman–Crippen MR) is 83.9 cm³/mol. The highest BCUT2D eigenvalue weighted by Gasteiger charge is 2.07. The lowest BCUT2D eigenvalue weighted by Gasteiger charge is -2.13. The topological polar surface area (TPSA) is 84.2 Å². The highest BCUT2D eigenvalue weighted by atomic mass is 16.2. The summed E-state index contributed by atoms with van der Waals surface area (Å²) in [6.07, 6.45) is 3.10. The summed E-state index contributed by atoms with van der Waals surface area (Å²) in [6.45, 7) is 3.33. The standard InChI is InChI=1S/C16H25N3O2/c1-13(14-8-4-2-5-9-14)12-19-15(20)10-6-3-7-11-18-16(17)21/h2,4-5,8-9,13H,3,6-7,10-12H2,1H3,(H,19,20)(H3,17,18,21)/t13-/m0/s1. The molecular weight excluding hydrogens is 266 g/mol. The molecule has 0 aliphatic carbocycles. The quantitative estimate of drug-likeness (QED) is 0.609. The van der Waals surface area contributed by atoms with Crippen LogP contribution in [0.15, 0.2) is 30.3 Å². The summed E-state index contributed by atoms with van der Waals surface area (Å²) in [7, 11) is 0. The Labute approximate surface area is 126 Å². The summed E-state index contributed by atoms with van der Waals surface area (Å²) in [5.74, 6) is 0.399. The summed E-state index contributed by atoms with van der Waals surface area (Å²) in [4.78, 5) is 22.2. The fourth-order valence-corrected chi connectivity index (χ4v) is 2.05. The van der Waals surface area contributed by atoms with E-state index in [-0.39, 0.29) is 5.91 Å². The van der Waals surface area contributed by atoms with Crippen molar-refractivity contribution in [3.8, 4) is 0 Å². The Morgan fingerprint density at radius 3 is 2.48 bits per heavy atom. The van der Waals surface area contributed by atoms with Crippen LogP contribution >= 0.6 is 0 Å². The minimum absolute atomic E-state index is 0.0839. The van der Waals surface area contributed by atoms with Crippen molar-refractivity contribution in [1.29, 1.82) is 0 Å². The second-order valence-electron chi connectivity index (χ2n) is 5.22. The van der Waals surface area contributed by atoms with E-state index in [2.05, 4.69) is 29.7 Å². The Kier molecular flexibility index (Phi) is 7.94. The Hall–Kier alpha value is -2.04. The van der Waals surface area contributed by atoms with E-state index >= 15 is 0 Å². The number of rotatable bonds is 9. The first-order valence-electron chi connectivity index (χ1n) is 7.44. The number of amides is 3. The van der Waals surface area contributed by atoms with E-state index in [1.54, 1.807) is 0 Å². The highest BCUT2D eigenvalue weighted by Crippen LogP contribution is 2.13. The minimum atomic E-state index is -0.498. The molecule has 116 valence electrons. The molecule has 0 fully saturated rings. The van der Waals surface area contributed by atoms with Crippen molar-refractivity contribution < 1.29 is 9.59 Å². The maximum Gasteiger partial charge on any atom is 0.312 e. The fourth-order valence-electron chi connectivity index (χ4n) is 2.05. The molecule has 1 aromatic carbocycles. The fraction of sp³-hybridized carbons (Fsp3) is 0.500. The number of hydrogen-bond acceptors (Lipinski definition) is 2. The molecule has 0 radical (unpaired) electrons. The van der Waals surface area contributed by atoms with Gasteiger partial charge < -0.3 is 16.4 Å². The smallest absolute Gasteiger partial charge is 0.312 e. The third-order valence-electron chi connectivity index (χ3n) is 3.35. The lowest BCUT2D eigenvalue weighted by atomic mass is 10.0. The Balaban J connectivity index is 2.07. The van der Waals surface area contributed by atoms with Gasteiger partial charge in [0.25, 0.3) is 0 Å². The molecule has 0 saturated heterocycles. The van der Waals surface area contributed by atoms with Crippen molar-refractivity contribution in [2.24, 2.45) is 5.73 Å². The van der Waals surface area contributed by atoms with Gasteiger partial charge in [-0.15, -0.1) is 0 Å². The highest BCUT2D eigenvalue weighted by molar-refractivity contribution is 5.75.